The largest absolute Gasteiger partial charge is 0.479 e. The lowest BCUT2D eigenvalue weighted by Crippen LogP contribution is -2.17. The fourth-order valence-electron chi connectivity index (χ4n) is 1.39. The number of hydrogen-bond donors (Lipinski definition) is 0. The van der Waals surface area contributed by atoms with E-state index < -0.39 is 4.92 Å². The summed E-state index contributed by atoms with van der Waals surface area (Å²) in [5, 5.41) is 10.9. The fourth-order valence-corrected chi connectivity index (χ4v) is 1.95. The minimum Gasteiger partial charge on any atom is -0.479 e. The molecular formula is C11H12BrNO5. The maximum atomic E-state index is 11.2. The van der Waals surface area contributed by atoms with Crippen molar-refractivity contribution in [1.82, 2.24) is 0 Å². The van der Waals surface area contributed by atoms with Crippen LogP contribution >= 0.6 is 15.9 Å². The number of ether oxygens (including phenoxy) is 2. The van der Waals surface area contributed by atoms with Crippen LogP contribution in [0.1, 0.15) is 5.56 Å². The van der Waals surface area contributed by atoms with Crippen LogP contribution in [0.3, 0.4) is 0 Å². The average molecular weight is 318 g/mol. The second kappa shape index (κ2) is 6.46. The van der Waals surface area contributed by atoms with Crippen molar-refractivity contribution in [3.05, 3.63) is 32.3 Å². The summed E-state index contributed by atoms with van der Waals surface area (Å²) >= 11 is 3.17. The number of methoxy groups -OCH3 is 1. The van der Waals surface area contributed by atoms with E-state index in [-0.39, 0.29) is 30.4 Å². The van der Waals surface area contributed by atoms with Gasteiger partial charge in [-0.3, -0.25) is 14.9 Å². The summed E-state index contributed by atoms with van der Waals surface area (Å²) in [6, 6.07) is 3.02. The normalized spacial score (nSPS) is 10.2. The number of carbonyl (C=O) groups is 1. The van der Waals surface area contributed by atoms with Gasteiger partial charge in [-0.2, -0.15) is 0 Å². The van der Waals surface area contributed by atoms with Gasteiger partial charge in [0.25, 0.3) is 0 Å². The average Bonchev–Trinajstić information content (AvgIpc) is 2.27. The number of halogens is 1. The van der Waals surface area contributed by atoms with Crippen molar-refractivity contribution in [2.24, 2.45) is 0 Å². The van der Waals surface area contributed by atoms with Crippen molar-refractivity contribution in [2.45, 2.75) is 6.92 Å². The fraction of sp³-hybridized carbons (Fsp3) is 0.364. The summed E-state index contributed by atoms with van der Waals surface area (Å²) in [7, 11) is 1.39. The van der Waals surface area contributed by atoms with E-state index in [1.807, 2.05) is 0 Å². The lowest BCUT2D eigenvalue weighted by atomic mass is 10.2. The third kappa shape index (κ3) is 3.78. The first-order valence-electron chi connectivity index (χ1n) is 5.03. The molecule has 7 heteroatoms. The van der Waals surface area contributed by atoms with Crippen LogP contribution in [0.25, 0.3) is 0 Å². The minimum absolute atomic E-state index is 0.0800. The van der Waals surface area contributed by atoms with Crippen LogP contribution in [0.4, 0.5) is 5.69 Å². The molecule has 0 aliphatic carbocycles. The molecule has 0 aliphatic heterocycles. The number of hydrogen-bond acceptors (Lipinski definition) is 5. The van der Waals surface area contributed by atoms with Gasteiger partial charge in [0, 0.05) is 17.6 Å². The van der Waals surface area contributed by atoms with Crippen molar-refractivity contribution in [3.63, 3.8) is 0 Å². The minimum atomic E-state index is -0.548. The zero-order chi connectivity index (χ0) is 13.7. The lowest BCUT2D eigenvalue weighted by Gasteiger charge is -2.09. The van der Waals surface area contributed by atoms with Crippen LogP contribution in [0.15, 0.2) is 16.6 Å². The Labute approximate surface area is 112 Å². The Kier molecular flexibility index (Phi) is 5.24. The number of nitro groups is 1. The molecule has 0 saturated heterocycles. The van der Waals surface area contributed by atoms with E-state index in [0.29, 0.717) is 10.0 Å². The third-order valence-electron chi connectivity index (χ3n) is 2.10. The molecule has 18 heavy (non-hydrogen) atoms. The molecule has 0 aliphatic rings. The maximum Gasteiger partial charge on any atom is 0.312 e. The molecule has 98 valence electrons. The van der Waals surface area contributed by atoms with E-state index in [1.54, 1.807) is 13.0 Å². The van der Waals surface area contributed by atoms with Crippen molar-refractivity contribution < 1.29 is 19.2 Å². The van der Waals surface area contributed by atoms with Gasteiger partial charge < -0.3 is 9.47 Å². The summed E-state index contributed by atoms with van der Waals surface area (Å²) in [4.78, 5) is 21.6. The van der Waals surface area contributed by atoms with E-state index in [0.717, 1.165) is 0 Å². The molecular weight excluding hydrogens is 306 g/mol. The van der Waals surface area contributed by atoms with Crippen LogP contribution in [0.5, 0.6) is 5.75 Å². The molecule has 0 amide bonds. The number of nitro benzene ring substituents is 1. The number of nitrogens with zero attached hydrogens (tertiary/aromatic N) is 1. The van der Waals surface area contributed by atoms with Gasteiger partial charge >= 0.3 is 5.69 Å². The first-order chi connectivity index (χ1) is 8.45. The molecule has 0 spiro atoms. The molecule has 0 heterocycles. The highest BCUT2D eigenvalue weighted by Gasteiger charge is 2.19. The van der Waals surface area contributed by atoms with Crippen molar-refractivity contribution >= 4 is 27.4 Å². The molecule has 0 N–H and O–H groups in total. The van der Waals surface area contributed by atoms with Crippen molar-refractivity contribution in [1.29, 1.82) is 0 Å². The Bertz CT molecular complexity index is 475. The molecule has 1 rings (SSSR count). The first-order valence-corrected chi connectivity index (χ1v) is 5.83. The van der Waals surface area contributed by atoms with E-state index in [9.17, 15) is 14.9 Å². The molecule has 1 aromatic rings. The molecule has 0 saturated carbocycles. The number of benzene rings is 1. The molecule has 0 aromatic heterocycles. The second-order valence-electron chi connectivity index (χ2n) is 3.59. The van der Waals surface area contributed by atoms with Gasteiger partial charge in [-0.25, -0.2) is 0 Å². The summed E-state index contributed by atoms with van der Waals surface area (Å²) in [5.41, 5.74) is 0.411. The van der Waals surface area contributed by atoms with E-state index in [1.165, 1.54) is 13.2 Å². The first kappa shape index (κ1) is 14.6. The molecule has 6 nitrogen and oxygen atoms in total. The lowest BCUT2D eigenvalue weighted by molar-refractivity contribution is -0.385. The van der Waals surface area contributed by atoms with Crippen LogP contribution in [0, 0.1) is 17.0 Å². The molecule has 0 fully saturated rings. The quantitative estimate of drug-likeness (QED) is 0.594. The van der Waals surface area contributed by atoms with E-state index >= 15 is 0 Å². The van der Waals surface area contributed by atoms with Crippen molar-refractivity contribution in [2.75, 3.05) is 20.3 Å². The van der Waals surface area contributed by atoms with Crippen LogP contribution in [-0.4, -0.2) is 31.0 Å². The molecule has 0 atom stereocenters. The Balaban J connectivity index is 2.93. The predicted molar refractivity (Wildman–Crippen MR) is 67.9 cm³/mol. The molecule has 1 aromatic carbocycles. The zero-order valence-corrected chi connectivity index (χ0v) is 11.5. The van der Waals surface area contributed by atoms with Gasteiger partial charge in [0.05, 0.1) is 4.92 Å². The SMILES string of the molecule is COCC(=O)COc1c(C)cc(Br)cc1[N+](=O)[O-]. The summed E-state index contributed by atoms with van der Waals surface area (Å²) in [6.07, 6.45) is 0. The van der Waals surface area contributed by atoms with Crippen LogP contribution in [0.2, 0.25) is 0 Å². The smallest absolute Gasteiger partial charge is 0.312 e. The summed E-state index contributed by atoms with van der Waals surface area (Å²) in [5.74, 6) is -0.179. The van der Waals surface area contributed by atoms with Gasteiger partial charge in [-0.1, -0.05) is 15.9 Å². The predicted octanol–water partition coefficient (Wildman–Crippen LogP) is 2.26. The number of ketones is 1. The third-order valence-corrected chi connectivity index (χ3v) is 2.56. The van der Waals surface area contributed by atoms with Gasteiger partial charge in [0.2, 0.25) is 5.75 Å². The summed E-state index contributed by atoms with van der Waals surface area (Å²) < 4.78 is 10.4. The zero-order valence-electron chi connectivity index (χ0n) is 9.94. The highest BCUT2D eigenvalue weighted by Crippen LogP contribution is 2.33. The molecule has 0 radical (unpaired) electrons. The highest BCUT2D eigenvalue weighted by atomic mass is 79.9. The van der Waals surface area contributed by atoms with Gasteiger partial charge in [0.15, 0.2) is 5.78 Å². The number of aryl methyl sites for hydroxylation is 1. The van der Waals surface area contributed by atoms with Crippen LogP contribution in [-0.2, 0) is 9.53 Å². The van der Waals surface area contributed by atoms with Gasteiger partial charge in [-0.15, -0.1) is 0 Å². The molecule has 0 bridgehead atoms. The molecule has 0 unspecified atom stereocenters. The van der Waals surface area contributed by atoms with E-state index in [4.69, 9.17) is 4.74 Å². The van der Waals surface area contributed by atoms with Gasteiger partial charge in [0.1, 0.15) is 13.2 Å². The van der Waals surface area contributed by atoms with Gasteiger partial charge in [-0.05, 0) is 18.6 Å². The second-order valence-corrected chi connectivity index (χ2v) is 4.50. The Morgan fingerprint density at radius 2 is 2.11 bits per heavy atom. The number of rotatable bonds is 6. The summed E-state index contributed by atoms with van der Waals surface area (Å²) in [6.45, 7) is 1.34. The maximum absolute atomic E-state index is 11.2. The Hall–Kier alpha value is -1.47. The van der Waals surface area contributed by atoms with E-state index in [2.05, 4.69) is 20.7 Å². The highest BCUT2D eigenvalue weighted by molar-refractivity contribution is 9.10. The number of carbonyl (C=O) groups excluding carboxylic acids is 1. The Morgan fingerprint density at radius 1 is 1.44 bits per heavy atom. The standard InChI is InChI=1S/C11H12BrNO5/c1-7-3-8(12)4-10(13(15)16)11(7)18-6-9(14)5-17-2/h3-4H,5-6H2,1-2H3. The number of Topliss-reactive ketones (excluding diaryl/α,β-unsaturated/α-hetero) is 1. The van der Waals surface area contributed by atoms with Crippen LogP contribution < -0.4 is 4.74 Å². The monoisotopic (exact) mass is 317 g/mol. The topological polar surface area (TPSA) is 78.7 Å². The Morgan fingerprint density at radius 3 is 2.67 bits per heavy atom. The van der Waals surface area contributed by atoms with Crippen molar-refractivity contribution in [3.8, 4) is 5.75 Å².